The van der Waals surface area contributed by atoms with Gasteiger partial charge in [-0.15, -0.1) is 0 Å². The van der Waals surface area contributed by atoms with Crippen LogP contribution in [0.25, 0.3) is 10.9 Å². The largest absolute Gasteiger partial charge is 0.447 e. The van der Waals surface area contributed by atoms with Gasteiger partial charge in [-0.2, -0.15) is 4.98 Å². The molecule has 1 aromatic heterocycles. The molecule has 4 heteroatoms. The molecule has 0 N–H and O–H groups in total. The third-order valence-corrected chi connectivity index (χ3v) is 3.93. The summed E-state index contributed by atoms with van der Waals surface area (Å²) in [5, 5.41) is 0.575. The number of fused-ring (bicyclic) bond motifs is 1. The smallest absolute Gasteiger partial charge is 0.397 e. The number of hydrogen-bond donors (Lipinski definition) is 0. The minimum atomic E-state index is -0.349. The average Bonchev–Trinajstić information content (AvgIpc) is 2.47. The summed E-state index contributed by atoms with van der Waals surface area (Å²) in [7, 11) is 0. The summed E-state index contributed by atoms with van der Waals surface area (Å²) in [6.07, 6.45) is 6.65. The van der Waals surface area contributed by atoms with Crippen LogP contribution in [-0.4, -0.2) is 11.1 Å². The normalized spacial score (nSPS) is 16.4. The number of benzene rings is 1. The van der Waals surface area contributed by atoms with Gasteiger partial charge in [0.05, 0.1) is 10.9 Å². The number of rotatable bonds is 3. The van der Waals surface area contributed by atoms with Crippen LogP contribution in [0.1, 0.15) is 44.6 Å². The van der Waals surface area contributed by atoms with E-state index in [4.69, 9.17) is 9.15 Å². The van der Waals surface area contributed by atoms with E-state index in [1.54, 1.807) is 0 Å². The van der Waals surface area contributed by atoms with E-state index >= 15 is 0 Å². The van der Waals surface area contributed by atoms with Crippen LogP contribution in [0.3, 0.4) is 0 Å². The Hall–Kier alpha value is -1.84. The summed E-state index contributed by atoms with van der Waals surface area (Å²) in [5.41, 5.74) is 1.28. The van der Waals surface area contributed by atoms with Crippen LogP contribution < -0.4 is 10.4 Å². The molecule has 0 saturated heterocycles. The van der Waals surface area contributed by atoms with E-state index in [1.165, 1.54) is 19.3 Å². The second kappa shape index (κ2) is 5.65. The number of aryl methyl sites for hydroxylation is 1. The van der Waals surface area contributed by atoms with Crippen molar-refractivity contribution < 1.29 is 9.15 Å². The van der Waals surface area contributed by atoms with Crippen molar-refractivity contribution in [3.8, 4) is 6.08 Å². The molecule has 1 aromatic carbocycles. The first kappa shape index (κ1) is 13.2. The molecule has 1 fully saturated rings. The van der Waals surface area contributed by atoms with E-state index < -0.39 is 0 Å². The van der Waals surface area contributed by atoms with Crippen LogP contribution in [0.2, 0.25) is 0 Å². The second-order valence-electron chi connectivity index (χ2n) is 5.31. The van der Waals surface area contributed by atoms with Crippen LogP contribution in [0.15, 0.2) is 27.4 Å². The summed E-state index contributed by atoms with van der Waals surface area (Å²) in [4.78, 5) is 16.5. The molecule has 4 nitrogen and oxygen atoms in total. The lowest BCUT2D eigenvalue weighted by molar-refractivity contribution is 0.107. The molecule has 0 radical (unpaired) electrons. The van der Waals surface area contributed by atoms with Gasteiger partial charge < -0.3 is 9.15 Å². The molecular formula is C16H19NO3. The van der Waals surface area contributed by atoms with Gasteiger partial charge in [0.15, 0.2) is 0 Å². The quantitative estimate of drug-likeness (QED) is 0.859. The fourth-order valence-electron chi connectivity index (χ4n) is 2.84. The molecule has 1 aliphatic carbocycles. The lowest BCUT2D eigenvalue weighted by Crippen LogP contribution is -2.21. The molecule has 0 amide bonds. The molecule has 106 valence electrons. The Balaban J connectivity index is 1.95. The molecule has 1 heterocycles. The lowest BCUT2D eigenvalue weighted by Gasteiger charge is -2.21. The van der Waals surface area contributed by atoms with Gasteiger partial charge in [0, 0.05) is 0 Å². The number of hydrogen-bond acceptors (Lipinski definition) is 4. The fraction of sp³-hybridized carbons (Fsp3) is 0.500. The Morgan fingerprint density at radius 1 is 1.30 bits per heavy atom. The molecule has 0 unspecified atom stereocenters. The Kier molecular flexibility index (Phi) is 3.72. The van der Waals surface area contributed by atoms with Gasteiger partial charge in [-0.1, -0.05) is 25.5 Å². The third-order valence-electron chi connectivity index (χ3n) is 3.93. The summed E-state index contributed by atoms with van der Waals surface area (Å²) in [6.45, 7) is 2.01. The zero-order chi connectivity index (χ0) is 13.9. The third kappa shape index (κ3) is 2.55. The van der Waals surface area contributed by atoms with E-state index in [0.717, 1.165) is 24.8 Å². The van der Waals surface area contributed by atoms with E-state index in [0.29, 0.717) is 10.9 Å². The highest BCUT2D eigenvalue weighted by atomic mass is 16.6. The number of ether oxygens (including phenoxy) is 1. The van der Waals surface area contributed by atoms with Gasteiger partial charge in [0.2, 0.25) is 0 Å². The molecule has 0 atom stereocenters. The first-order chi connectivity index (χ1) is 9.78. The molecule has 0 bridgehead atoms. The minimum Gasteiger partial charge on any atom is -0.447 e. The molecule has 0 spiro atoms. The van der Waals surface area contributed by atoms with Gasteiger partial charge in [-0.3, -0.25) is 0 Å². The van der Waals surface area contributed by atoms with E-state index in [9.17, 15) is 4.79 Å². The van der Waals surface area contributed by atoms with Crippen molar-refractivity contribution in [1.29, 1.82) is 0 Å². The molecule has 1 saturated carbocycles. The van der Waals surface area contributed by atoms with E-state index in [-0.39, 0.29) is 17.8 Å². The standard InChI is InChI=1S/C16H19NO3/c1-2-11-7-6-10-13-14(11)15(18)20-16(17-13)19-12-8-4-3-5-9-12/h6-7,10,12H,2-5,8-9H2,1H3. The number of nitrogens with zero attached hydrogens (tertiary/aromatic N) is 1. The van der Waals surface area contributed by atoms with Gasteiger partial charge in [0.25, 0.3) is 0 Å². The van der Waals surface area contributed by atoms with Gasteiger partial charge in [-0.25, -0.2) is 4.79 Å². The molecule has 20 heavy (non-hydrogen) atoms. The Labute approximate surface area is 117 Å². The highest BCUT2D eigenvalue weighted by molar-refractivity contribution is 5.80. The van der Waals surface area contributed by atoms with Crippen LogP contribution in [-0.2, 0) is 6.42 Å². The van der Waals surface area contributed by atoms with E-state index in [2.05, 4.69) is 4.98 Å². The van der Waals surface area contributed by atoms with Gasteiger partial charge in [0.1, 0.15) is 6.10 Å². The van der Waals surface area contributed by atoms with Crippen molar-refractivity contribution in [3.63, 3.8) is 0 Å². The SMILES string of the molecule is CCc1cccc2nc(OC3CCCCC3)oc(=O)c12. The van der Waals surface area contributed by atoms with Crippen molar-refractivity contribution in [3.05, 3.63) is 34.2 Å². The van der Waals surface area contributed by atoms with Crippen LogP contribution >= 0.6 is 0 Å². The van der Waals surface area contributed by atoms with Crippen molar-refractivity contribution in [1.82, 2.24) is 4.98 Å². The predicted octanol–water partition coefficient (Wildman–Crippen LogP) is 3.46. The highest BCUT2D eigenvalue weighted by Gasteiger charge is 2.18. The summed E-state index contributed by atoms with van der Waals surface area (Å²) < 4.78 is 11.0. The van der Waals surface area contributed by atoms with E-state index in [1.807, 2.05) is 25.1 Å². The van der Waals surface area contributed by atoms with Crippen molar-refractivity contribution in [2.75, 3.05) is 0 Å². The maximum absolute atomic E-state index is 12.1. The topological polar surface area (TPSA) is 52.3 Å². The zero-order valence-corrected chi connectivity index (χ0v) is 11.7. The zero-order valence-electron chi connectivity index (χ0n) is 11.7. The van der Waals surface area contributed by atoms with Crippen LogP contribution in [0.4, 0.5) is 0 Å². The molecule has 1 aliphatic rings. The van der Waals surface area contributed by atoms with Crippen molar-refractivity contribution in [2.45, 2.75) is 51.6 Å². The van der Waals surface area contributed by atoms with Crippen LogP contribution in [0.5, 0.6) is 6.08 Å². The summed E-state index contributed by atoms with van der Waals surface area (Å²) >= 11 is 0. The van der Waals surface area contributed by atoms with Gasteiger partial charge in [-0.05, 0) is 43.7 Å². The summed E-state index contributed by atoms with van der Waals surface area (Å²) in [6, 6.07) is 5.68. The lowest BCUT2D eigenvalue weighted by atomic mass is 9.98. The maximum Gasteiger partial charge on any atom is 0.397 e. The predicted molar refractivity (Wildman–Crippen MR) is 77.2 cm³/mol. The van der Waals surface area contributed by atoms with Crippen molar-refractivity contribution in [2.24, 2.45) is 0 Å². The van der Waals surface area contributed by atoms with Crippen LogP contribution in [0, 0.1) is 0 Å². The maximum atomic E-state index is 12.1. The van der Waals surface area contributed by atoms with Crippen molar-refractivity contribution >= 4 is 10.9 Å². The minimum absolute atomic E-state index is 0.114. The Bertz CT molecular complexity index is 656. The summed E-state index contributed by atoms with van der Waals surface area (Å²) in [5.74, 6) is 0. The average molecular weight is 273 g/mol. The molecule has 0 aliphatic heterocycles. The number of aromatic nitrogens is 1. The molecular weight excluding hydrogens is 254 g/mol. The monoisotopic (exact) mass is 273 g/mol. The second-order valence-corrected chi connectivity index (χ2v) is 5.31. The van der Waals surface area contributed by atoms with Gasteiger partial charge >= 0.3 is 11.7 Å². The first-order valence-electron chi connectivity index (χ1n) is 7.37. The Morgan fingerprint density at radius 2 is 2.10 bits per heavy atom. The molecule has 3 rings (SSSR count). The fourth-order valence-corrected chi connectivity index (χ4v) is 2.84. The molecule has 2 aromatic rings. The first-order valence-corrected chi connectivity index (χ1v) is 7.37. The highest BCUT2D eigenvalue weighted by Crippen LogP contribution is 2.23. The Morgan fingerprint density at radius 3 is 2.85 bits per heavy atom.